The Hall–Kier alpha value is -3.04. The van der Waals surface area contributed by atoms with E-state index in [1.165, 1.54) is 22.0 Å². The number of halogens is 1. The maximum atomic E-state index is 13.9. The van der Waals surface area contributed by atoms with Gasteiger partial charge in [-0.05, 0) is 32.0 Å². The van der Waals surface area contributed by atoms with E-state index in [9.17, 15) is 12.8 Å². The van der Waals surface area contributed by atoms with Crippen LogP contribution in [-0.4, -0.2) is 48.9 Å². The molecule has 2 aromatic carbocycles. The smallest absolute Gasteiger partial charge is 0.218 e. The Morgan fingerprint density at radius 3 is 2.34 bits per heavy atom. The van der Waals surface area contributed by atoms with Crippen molar-refractivity contribution in [1.29, 1.82) is 0 Å². The maximum Gasteiger partial charge on any atom is 0.218 e. The molecule has 0 amide bonds. The number of aromatic nitrogens is 2. The highest BCUT2D eigenvalue weighted by Gasteiger charge is 2.28. The standard InChI is InChI=1S/C23H26FN5O2S/c1-17-7-9-20(10-8-17)27-22-15-23(26-18(2)25-22)28-11-13-29(14-12-28)32(30,31)16-19-5-3-4-6-21(19)24/h3-10,15H,11-14,16H2,1-2H3,(H,25,26,27). The lowest BCUT2D eigenvalue weighted by Gasteiger charge is -2.34. The zero-order valence-corrected chi connectivity index (χ0v) is 18.9. The molecule has 0 aliphatic carbocycles. The van der Waals surface area contributed by atoms with Crippen LogP contribution in [0.5, 0.6) is 0 Å². The fraction of sp³-hybridized carbons (Fsp3) is 0.304. The van der Waals surface area contributed by atoms with Crippen molar-refractivity contribution in [1.82, 2.24) is 14.3 Å². The molecule has 9 heteroatoms. The Kier molecular flexibility index (Phi) is 6.38. The molecule has 0 radical (unpaired) electrons. The number of anilines is 3. The van der Waals surface area contributed by atoms with E-state index in [0.29, 0.717) is 37.8 Å². The van der Waals surface area contributed by atoms with Crippen LogP contribution >= 0.6 is 0 Å². The summed E-state index contributed by atoms with van der Waals surface area (Å²) in [5.41, 5.74) is 2.30. The van der Waals surface area contributed by atoms with Gasteiger partial charge in [0.2, 0.25) is 10.0 Å². The third-order valence-corrected chi connectivity index (χ3v) is 7.23. The van der Waals surface area contributed by atoms with Crippen LogP contribution in [-0.2, 0) is 15.8 Å². The van der Waals surface area contributed by atoms with Crippen LogP contribution in [0.2, 0.25) is 0 Å². The van der Waals surface area contributed by atoms with E-state index in [2.05, 4.69) is 15.3 Å². The number of piperazine rings is 1. The second-order valence-corrected chi connectivity index (χ2v) is 9.85. The molecule has 0 bridgehead atoms. The number of benzene rings is 2. The van der Waals surface area contributed by atoms with Crippen LogP contribution in [0, 0.1) is 19.7 Å². The highest BCUT2D eigenvalue weighted by atomic mass is 32.2. The SMILES string of the molecule is Cc1ccc(Nc2cc(N3CCN(S(=O)(=O)Cc4ccccc4F)CC3)nc(C)n2)cc1. The molecule has 168 valence electrons. The summed E-state index contributed by atoms with van der Waals surface area (Å²) in [5, 5.41) is 3.30. The van der Waals surface area contributed by atoms with Gasteiger partial charge in [0.05, 0.1) is 5.75 Å². The molecule has 1 fully saturated rings. The zero-order chi connectivity index (χ0) is 22.7. The lowest BCUT2D eigenvalue weighted by molar-refractivity contribution is 0.383. The van der Waals surface area contributed by atoms with E-state index < -0.39 is 15.8 Å². The van der Waals surface area contributed by atoms with Gasteiger partial charge in [0.25, 0.3) is 0 Å². The van der Waals surface area contributed by atoms with Gasteiger partial charge in [0, 0.05) is 43.5 Å². The van der Waals surface area contributed by atoms with Crippen molar-refractivity contribution in [2.45, 2.75) is 19.6 Å². The molecule has 0 unspecified atom stereocenters. The quantitative estimate of drug-likeness (QED) is 0.612. The van der Waals surface area contributed by atoms with E-state index >= 15 is 0 Å². The summed E-state index contributed by atoms with van der Waals surface area (Å²) in [5.74, 6) is 1.23. The maximum absolute atomic E-state index is 13.9. The molecule has 7 nitrogen and oxygen atoms in total. The minimum Gasteiger partial charge on any atom is -0.354 e. The third-order valence-electron chi connectivity index (χ3n) is 5.40. The number of nitrogens with one attached hydrogen (secondary N) is 1. The molecule has 1 N–H and O–H groups in total. The fourth-order valence-electron chi connectivity index (χ4n) is 3.66. The topological polar surface area (TPSA) is 78.4 Å². The molecule has 0 spiro atoms. The first-order chi connectivity index (χ1) is 15.3. The molecule has 4 rings (SSSR count). The van der Waals surface area contributed by atoms with E-state index in [0.717, 1.165) is 11.5 Å². The lowest BCUT2D eigenvalue weighted by Crippen LogP contribution is -2.49. The van der Waals surface area contributed by atoms with Crippen LogP contribution < -0.4 is 10.2 Å². The Labute approximate surface area is 188 Å². The van der Waals surface area contributed by atoms with Crippen molar-refractivity contribution >= 4 is 27.3 Å². The van der Waals surface area contributed by atoms with Gasteiger partial charge in [-0.1, -0.05) is 35.9 Å². The van der Waals surface area contributed by atoms with Crippen molar-refractivity contribution in [3.8, 4) is 0 Å². The fourth-order valence-corrected chi connectivity index (χ4v) is 5.19. The number of aryl methyl sites for hydroxylation is 2. The van der Waals surface area contributed by atoms with E-state index in [1.807, 2.05) is 49.1 Å². The van der Waals surface area contributed by atoms with Crippen molar-refractivity contribution in [2.24, 2.45) is 0 Å². The summed E-state index contributed by atoms with van der Waals surface area (Å²) in [6.45, 7) is 5.50. The number of hydrogen-bond donors (Lipinski definition) is 1. The predicted molar refractivity (Wildman–Crippen MR) is 124 cm³/mol. The van der Waals surface area contributed by atoms with Gasteiger partial charge >= 0.3 is 0 Å². The number of hydrogen-bond acceptors (Lipinski definition) is 6. The predicted octanol–water partition coefficient (Wildman–Crippen LogP) is 3.63. The summed E-state index contributed by atoms with van der Waals surface area (Å²) in [4.78, 5) is 11.0. The molecule has 1 aromatic heterocycles. The molecular weight excluding hydrogens is 429 g/mol. The van der Waals surface area contributed by atoms with Crippen molar-refractivity contribution in [2.75, 3.05) is 36.4 Å². The molecule has 2 heterocycles. The molecule has 3 aromatic rings. The molecule has 1 aliphatic rings. The van der Waals surface area contributed by atoms with Gasteiger partial charge in [-0.2, -0.15) is 4.31 Å². The Balaban J connectivity index is 1.43. The average Bonchev–Trinajstić information content (AvgIpc) is 2.77. The first-order valence-corrected chi connectivity index (χ1v) is 12.1. The Bertz CT molecular complexity index is 1190. The molecule has 0 saturated carbocycles. The Morgan fingerprint density at radius 1 is 0.969 bits per heavy atom. The first kappa shape index (κ1) is 22.2. The average molecular weight is 456 g/mol. The highest BCUT2D eigenvalue weighted by Crippen LogP contribution is 2.23. The first-order valence-electron chi connectivity index (χ1n) is 10.5. The van der Waals surface area contributed by atoms with Crippen LogP contribution in [0.15, 0.2) is 54.6 Å². The molecule has 0 atom stereocenters. The van der Waals surface area contributed by atoms with Crippen LogP contribution in [0.4, 0.5) is 21.7 Å². The molecule has 1 saturated heterocycles. The molecule has 32 heavy (non-hydrogen) atoms. The molecular formula is C23H26FN5O2S. The summed E-state index contributed by atoms with van der Waals surface area (Å²) in [6.07, 6.45) is 0. The monoisotopic (exact) mass is 455 g/mol. The zero-order valence-electron chi connectivity index (χ0n) is 18.1. The van der Waals surface area contributed by atoms with E-state index in [1.54, 1.807) is 12.1 Å². The van der Waals surface area contributed by atoms with Crippen LogP contribution in [0.25, 0.3) is 0 Å². The molecule has 1 aliphatic heterocycles. The van der Waals surface area contributed by atoms with Gasteiger partial charge in [0.1, 0.15) is 23.3 Å². The van der Waals surface area contributed by atoms with E-state index in [-0.39, 0.29) is 11.3 Å². The summed E-state index contributed by atoms with van der Waals surface area (Å²) >= 11 is 0. The van der Waals surface area contributed by atoms with Crippen LogP contribution in [0.1, 0.15) is 17.0 Å². The minimum absolute atomic E-state index is 0.188. The largest absolute Gasteiger partial charge is 0.354 e. The van der Waals surface area contributed by atoms with Gasteiger partial charge in [-0.3, -0.25) is 0 Å². The van der Waals surface area contributed by atoms with Crippen LogP contribution in [0.3, 0.4) is 0 Å². The lowest BCUT2D eigenvalue weighted by atomic mass is 10.2. The Morgan fingerprint density at radius 2 is 1.66 bits per heavy atom. The van der Waals surface area contributed by atoms with Gasteiger partial charge in [0.15, 0.2) is 0 Å². The summed E-state index contributed by atoms with van der Waals surface area (Å²) in [6, 6.07) is 15.9. The minimum atomic E-state index is -3.60. The van der Waals surface area contributed by atoms with Crippen molar-refractivity contribution < 1.29 is 12.8 Å². The van der Waals surface area contributed by atoms with Gasteiger partial charge in [-0.15, -0.1) is 0 Å². The summed E-state index contributed by atoms with van der Waals surface area (Å²) < 4.78 is 40.9. The van der Waals surface area contributed by atoms with Crippen molar-refractivity contribution in [3.63, 3.8) is 0 Å². The number of rotatable bonds is 6. The van der Waals surface area contributed by atoms with Crippen molar-refractivity contribution in [3.05, 3.63) is 77.4 Å². The van der Waals surface area contributed by atoms with Gasteiger partial charge in [-0.25, -0.2) is 22.8 Å². The highest BCUT2D eigenvalue weighted by molar-refractivity contribution is 7.88. The number of nitrogens with zero attached hydrogens (tertiary/aromatic N) is 4. The second-order valence-electron chi connectivity index (χ2n) is 7.88. The second kappa shape index (κ2) is 9.22. The van der Waals surface area contributed by atoms with Gasteiger partial charge < -0.3 is 10.2 Å². The number of sulfonamides is 1. The normalized spacial score (nSPS) is 15.0. The van der Waals surface area contributed by atoms with E-state index in [4.69, 9.17) is 0 Å². The third kappa shape index (κ3) is 5.23. The summed E-state index contributed by atoms with van der Waals surface area (Å²) in [7, 11) is -3.60.